The summed E-state index contributed by atoms with van der Waals surface area (Å²) in [6.07, 6.45) is -1.21. The lowest BCUT2D eigenvalue weighted by molar-refractivity contribution is -0.144. The van der Waals surface area contributed by atoms with Crippen molar-refractivity contribution in [3.63, 3.8) is 0 Å². The van der Waals surface area contributed by atoms with Gasteiger partial charge >= 0.3 is 6.18 Å². The predicted molar refractivity (Wildman–Crippen MR) is 86.9 cm³/mol. The molecule has 1 saturated heterocycles. The zero-order valence-electron chi connectivity index (χ0n) is 14.8. The summed E-state index contributed by atoms with van der Waals surface area (Å²) in [6, 6.07) is 1.60. The maximum absolute atomic E-state index is 12.9. The van der Waals surface area contributed by atoms with E-state index in [1.807, 2.05) is 11.9 Å². The average molecular weight is 373 g/mol. The Bertz CT molecular complexity index is 743. The van der Waals surface area contributed by atoms with Crippen LogP contribution in [0.25, 0.3) is 5.78 Å². The molecular weight excluding hydrogens is 351 g/mol. The number of alkyl halides is 3. The van der Waals surface area contributed by atoms with Gasteiger partial charge in [-0.2, -0.15) is 22.7 Å². The fourth-order valence-corrected chi connectivity index (χ4v) is 2.98. The van der Waals surface area contributed by atoms with Gasteiger partial charge in [-0.05, 0) is 33.2 Å². The number of aromatic nitrogens is 4. The molecule has 1 unspecified atom stereocenters. The van der Waals surface area contributed by atoms with E-state index in [2.05, 4.69) is 15.1 Å². The van der Waals surface area contributed by atoms with E-state index in [9.17, 15) is 13.2 Å². The molecule has 3 rings (SSSR count). The van der Waals surface area contributed by atoms with E-state index in [0.717, 1.165) is 36.9 Å². The van der Waals surface area contributed by atoms with Crippen molar-refractivity contribution < 1.29 is 22.6 Å². The third-order valence-electron chi connectivity index (χ3n) is 4.10. The molecule has 1 aliphatic heterocycles. The number of hydrogen-bond donors (Lipinski definition) is 0. The van der Waals surface area contributed by atoms with Gasteiger partial charge in [0.05, 0.1) is 18.4 Å². The molecule has 2 aromatic rings. The Morgan fingerprint density at radius 2 is 2.15 bits per heavy atom. The Hall–Kier alpha value is -1.94. The molecule has 0 amide bonds. The van der Waals surface area contributed by atoms with Crippen molar-refractivity contribution in [3.8, 4) is 5.88 Å². The van der Waals surface area contributed by atoms with Crippen LogP contribution in [0.15, 0.2) is 6.07 Å². The molecule has 10 heteroatoms. The highest BCUT2D eigenvalue weighted by atomic mass is 19.4. The van der Waals surface area contributed by atoms with Gasteiger partial charge in [-0.1, -0.05) is 0 Å². The van der Waals surface area contributed by atoms with Crippen LogP contribution in [-0.4, -0.2) is 57.4 Å². The quantitative estimate of drug-likeness (QED) is 0.775. The summed E-state index contributed by atoms with van der Waals surface area (Å²) in [5.41, 5.74) is 0.570. The number of halogens is 3. The maximum atomic E-state index is 12.9. The Balaban J connectivity index is 1.81. The van der Waals surface area contributed by atoms with E-state index in [0.29, 0.717) is 18.8 Å². The molecule has 0 bridgehead atoms. The van der Waals surface area contributed by atoms with Crippen LogP contribution in [0.4, 0.5) is 13.2 Å². The standard InChI is InChI=1S/C16H22F3N5O2/c1-3-25-13-8-11(9-23(2)10-12-6-4-5-7-26-12)20-15-21-14(16(17,18)19)22-24(13)15/h8,12H,3-7,9-10H2,1-2H3. The molecule has 144 valence electrons. The van der Waals surface area contributed by atoms with Gasteiger partial charge in [0, 0.05) is 25.8 Å². The van der Waals surface area contributed by atoms with Crippen LogP contribution < -0.4 is 4.74 Å². The number of fused-ring (bicyclic) bond motifs is 1. The van der Waals surface area contributed by atoms with Crippen molar-refractivity contribution in [1.82, 2.24) is 24.5 Å². The monoisotopic (exact) mass is 373 g/mol. The van der Waals surface area contributed by atoms with Crippen molar-refractivity contribution in [3.05, 3.63) is 17.6 Å². The van der Waals surface area contributed by atoms with Crippen LogP contribution in [0, 0.1) is 0 Å². The molecule has 1 atom stereocenters. The highest BCUT2D eigenvalue weighted by Crippen LogP contribution is 2.27. The van der Waals surface area contributed by atoms with Crippen LogP contribution in [0.1, 0.15) is 37.7 Å². The molecule has 0 aliphatic carbocycles. The molecule has 2 aromatic heterocycles. The van der Waals surface area contributed by atoms with Crippen molar-refractivity contribution in [2.45, 2.75) is 45.0 Å². The summed E-state index contributed by atoms with van der Waals surface area (Å²) in [6.45, 7) is 4.00. The Kier molecular flexibility index (Phi) is 5.61. The van der Waals surface area contributed by atoms with Crippen LogP contribution in [0.2, 0.25) is 0 Å². The summed E-state index contributed by atoms with van der Waals surface area (Å²) in [5, 5.41) is 3.48. The summed E-state index contributed by atoms with van der Waals surface area (Å²) in [7, 11) is 1.93. The van der Waals surface area contributed by atoms with Crippen LogP contribution in [0.5, 0.6) is 5.88 Å². The first-order valence-corrected chi connectivity index (χ1v) is 8.63. The van der Waals surface area contributed by atoms with E-state index in [-0.39, 0.29) is 17.8 Å². The fraction of sp³-hybridized carbons (Fsp3) is 0.688. The minimum Gasteiger partial charge on any atom is -0.478 e. The highest BCUT2D eigenvalue weighted by molar-refractivity contribution is 5.35. The highest BCUT2D eigenvalue weighted by Gasteiger charge is 2.37. The second kappa shape index (κ2) is 7.75. The predicted octanol–water partition coefficient (Wildman–Crippen LogP) is 2.54. The normalized spacial score (nSPS) is 18.6. The molecule has 3 heterocycles. The van der Waals surface area contributed by atoms with Gasteiger partial charge in [0.2, 0.25) is 5.88 Å². The minimum atomic E-state index is -4.63. The lowest BCUT2D eigenvalue weighted by Crippen LogP contribution is -2.33. The molecule has 7 nitrogen and oxygen atoms in total. The molecule has 0 saturated carbocycles. The molecule has 0 spiro atoms. The third kappa shape index (κ3) is 4.42. The van der Waals surface area contributed by atoms with Crippen molar-refractivity contribution in [1.29, 1.82) is 0 Å². The summed E-state index contributed by atoms with van der Waals surface area (Å²) >= 11 is 0. The molecule has 0 aromatic carbocycles. The van der Waals surface area contributed by atoms with E-state index >= 15 is 0 Å². The SMILES string of the molecule is CCOc1cc(CN(C)CC2CCCCO2)nc2nc(C(F)(F)F)nn12. The second-order valence-corrected chi connectivity index (χ2v) is 6.35. The smallest absolute Gasteiger partial charge is 0.453 e. The van der Waals surface area contributed by atoms with Gasteiger partial charge in [0.25, 0.3) is 11.6 Å². The summed E-state index contributed by atoms with van der Waals surface area (Å²) in [5.74, 6) is -1.16. The largest absolute Gasteiger partial charge is 0.478 e. The van der Waals surface area contributed by atoms with Crippen molar-refractivity contribution in [2.24, 2.45) is 0 Å². The number of hydrogen-bond acceptors (Lipinski definition) is 6. The van der Waals surface area contributed by atoms with E-state index < -0.39 is 12.0 Å². The first-order valence-electron chi connectivity index (χ1n) is 8.63. The Labute approximate surface area is 149 Å². The zero-order chi connectivity index (χ0) is 18.7. The van der Waals surface area contributed by atoms with Crippen LogP contribution in [0.3, 0.4) is 0 Å². The average Bonchev–Trinajstić information content (AvgIpc) is 3.00. The first kappa shape index (κ1) is 18.8. The van der Waals surface area contributed by atoms with E-state index in [1.165, 1.54) is 0 Å². The van der Waals surface area contributed by atoms with Gasteiger partial charge in [0.1, 0.15) is 0 Å². The van der Waals surface area contributed by atoms with Gasteiger partial charge in [-0.15, -0.1) is 5.10 Å². The maximum Gasteiger partial charge on any atom is 0.453 e. The first-order chi connectivity index (χ1) is 12.4. The summed E-state index contributed by atoms with van der Waals surface area (Å²) in [4.78, 5) is 9.75. The summed E-state index contributed by atoms with van der Waals surface area (Å²) < 4.78 is 50.8. The third-order valence-corrected chi connectivity index (χ3v) is 4.10. The minimum absolute atomic E-state index is 0.124. The van der Waals surface area contributed by atoms with Crippen LogP contribution in [-0.2, 0) is 17.5 Å². The lowest BCUT2D eigenvalue weighted by Gasteiger charge is -2.27. The number of nitrogens with zero attached hydrogens (tertiary/aromatic N) is 5. The zero-order valence-corrected chi connectivity index (χ0v) is 14.8. The van der Waals surface area contributed by atoms with Gasteiger partial charge in [0.15, 0.2) is 0 Å². The van der Waals surface area contributed by atoms with Gasteiger partial charge in [-0.25, -0.2) is 4.98 Å². The fourth-order valence-electron chi connectivity index (χ4n) is 2.98. The van der Waals surface area contributed by atoms with Crippen LogP contribution >= 0.6 is 0 Å². The molecule has 1 fully saturated rings. The molecule has 1 aliphatic rings. The molecule has 26 heavy (non-hydrogen) atoms. The van der Waals surface area contributed by atoms with Crippen molar-refractivity contribution >= 4 is 5.78 Å². The number of ether oxygens (including phenoxy) is 2. The topological polar surface area (TPSA) is 64.8 Å². The number of likely N-dealkylation sites (N-methyl/N-ethyl adjacent to an activating group) is 1. The van der Waals surface area contributed by atoms with E-state index in [1.54, 1.807) is 13.0 Å². The molecule has 0 radical (unpaired) electrons. The number of rotatable bonds is 6. The van der Waals surface area contributed by atoms with Crippen molar-refractivity contribution in [2.75, 3.05) is 26.8 Å². The Morgan fingerprint density at radius 3 is 2.81 bits per heavy atom. The molecular formula is C16H22F3N5O2. The van der Waals surface area contributed by atoms with Gasteiger partial charge in [-0.3, -0.25) is 4.90 Å². The van der Waals surface area contributed by atoms with Gasteiger partial charge < -0.3 is 9.47 Å². The van der Waals surface area contributed by atoms with E-state index in [4.69, 9.17) is 9.47 Å². The second-order valence-electron chi connectivity index (χ2n) is 6.35. The molecule has 0 N–H and O–H groups in total. The Morgan fingerprint density at radius 1 is 1.35 bits per heavy atom. The lowest BCUT2D eigenvalue weighted by atomic mass is 10.1.